The van der Waals surface area contributed by atoms with Crippen molar-refractivity contribution in [3.05, 3.63) is 0 Å². The molecule has 0 aromatic carbocycles. The van der Waals surface area contributed by atoms with Crippen LogP contribution in [0.1, 0.15) is 20.3 Å². The maximum absolute atomic E-state index is 10.5. The van der Waals surface area contributed by atoms with Gasteiger partial charge in [-0.15, -0.1) is 0 Å². The highest BCUT2D eigenvalue weighted by Gasteiger charge is 2.24. The predicted molar refractivity (Wildman–Crippen MR) is 37.6 cm³/mol. The van der Waals surface area contributed by atoms with Crippen LogP contribution in [0.5, 0.6) is 0 Å². The standard InChI is InChI=1S/C7H13NO2/c1-5-7(3-4-8-5)10-6(2)9/h5,7-8H,3-4H2,1-2H3. The van der Waals surface area contributed by atoms with E-state index in [0.717, 1.165) is 13.0 Å². The lowest BCUT2D eigenvalue weighted by atomic mass is 10.2. The quantitative estimate of drug-likeness (QED) is 0.536. The molecular formula is C7H13NO2. The van der Waals surface area contributed by atoms with Crippen molar-refractivity contribution in [3.63, 3.8) is 0 Å². The summed E-state index contributed by atoms with van der Waals surface area (Å²) in [7, 11) is 0. The molecule has 0 aliphatic carbocycles. The van der Waals surface area contributed by atoms with E-state index in [1.807, 2.05) is 6.92 Å². The third-order valence-electron chi connectivity index (χ3n) is 1.77. The molecule has 0 aromatic rings. The summed E-state index contributed by atoms with van der Waals surface area (Å²) in [6.07, 6.45) is 1.04. The van der Waals surface area contributed by atoms with Crippen LogP contribution in [-0.2, 0) is 9.53 Å². The average molecular weight is 143 g/mol. The Labute approximate surface area is 60.7 Å². The number of carbonyl (C=O) groups is 1. The lowest BCUT2D eigenvalue weighted by molar-refractivity contribution is -0.146. The summed E-state index contributed by atoms with van der Waals surface area (Å²) >= 11 is 0. The summed E-state index contributed by atoms with van der Waals surface area (Å²) in [4.78, 5) is 10.5. The number of nitrogens with one attached hydrogen (secondary N) is 1. The van der Waals surface area contributed by atoms with Gasteiger partial charge in [0.25, 0.3) is 0 Å². The number of esters is 1. The fraction of sp³-hybridized carbons (Fsp3) is 0.857. The van der Waals surface area contributed by atoms with Crippen LogP contribution in [0.15, 0.2) is 0 Å². The van der Waals surface area contributed by atoms with Gasteiger partial charge in [-0.1, -0.05) is 0 Å². The first kappa shape index (κ1) is 7.54. The monoisotopic (exact) mass is 143 g/mol. The molecule has 0 saturated carbocycles. The van der Waals surface area contributed by atoms with Crippen LogP contribution in [0.25, 0.3) is 0 Å². The summed E-state index contributed by atoms with van der Waals surface area (Å²) < 4.78 is 5.02. The highest BCUT2D eigenvalue weighted by atomic mass is 16.5. The number of rotatable bonds is 1. The van der Waals surface area contributed by atoms with Gasteiger partial charge in [0.05, 0.1) is 0 Å². The van der Waals surface area contributed by atoms with Gasteiger partial charge in [0.1, 0.15) is 6.10 Å². The molecule has 2 unspecified atom stereocenters. The van der Waals surface area contributed by atoms with E-state index in [-0.39, 0.29) is 12.1 Å². The summed E-state index contributed by atoms with van der Waals surface area (Å²) in [5, 5.41) is 3.20. The molecule has 1 aliphatic heterocycles. The Morgan fingerprint density at radius 3 is 2.80 bits per heavy atom. The van der Waals surface area contributed by atoms with Crippen molar-refractivity contribution >= 4 is 5.97 Å². The number of hydrogen-bond acceptors (Lipinski definition) is 3. The molecule has 0 amide bonds. The molecule has 0 aromatic heterocycles. The van der Waals surface area contributed by atoms with Crippen LogP contribution in [0.3, 0.4) is 0 Å². The zero-order chi connectivity index (χ0) is 7.56. The first-order valence-electron chi connectivity index (χ1n) is 3.61. The fourth-order valence-electron chi connectivity index (χ4n) is 1.21. The second kappa shape index (κ2) is 3.01. The Bertz CT molecular complexity index is 136. The Morgan fingerprint density at radius 1 is 1.70 bits per heavy atom. The van der Waals surface area contributed by atoms with Crippen molar-refractivity contribution in [2.45, 2.75) is 32.4 Å². The minimum Gasteiger partial charge on any atom is -0.461 e. The Morgan fingerprint density at radius 2 is 2.40 bits per heavy atom. The van der Waals surface area contributed by atoms with Crippen LogP contribution >= 0.6 is 0 Å². The molecule has 1 rings (SSSR count). The Hall–Kier alpha value is -0.570. The minimum atomic E-state index is -0.180. The van der Waals surface area contributed by atoms with Gasteiger partial charge in [-0.25, -0.2) is 0 Å². The van der Waals surface area contributed by atoms with Gasteiger partial charge in [-0.05, 0) is 19.9 Å². The van der Waals surface area contributed by atoms with Crippen LogP contribution in [0, 0.1) is 0 Å². The van der Waals surface area contributed by atoms with E-state index in [4.69, 9.17) is 4.74 Å². The molecule has 3 heteroatoms. The first-order valence-corrected chi connectivity index (χ1v) is 3.61. The molecule has 1 saturated heterocycles. The third kappa shape index (κ3) is 1.70. The van der Waals surface area contributed by atoms with Crippen LogP contribution in [0.4, 0.5) is 0 Å². The third-order valence-corrected chi connectivity index (χ3v) is 1.77. The maximum atomic E-state index is 10.5. The van der Waals surface area contributed by atoms with E-state index < -0.39 is 0 Å². The molecule has 58 valence electrons. The van der Waals surface area contributed by atoms with Gasteiger partial charge in [0.2, 0.25) is 0 Å². The highest BCUT2D eigenvalue weighted by Crippen LogP contribution is 2.10. The predicted octanol–water partition coefficient (Wildman–Crippen LogP) is 0.300. The van der Waals surface area contributed by atoms with Crippen LogP contribution in [-0.4, -0.2) is 24.7 Å². The summed E-state index contributed by atoms with van der Waals surface area (Å²) in [5.74, 6) is -0.180. The normalized spacial score (nSPS) is 32.2. The summed E-state index contributed by atoms with van der Waals surface area (Å²) in [6.45, 7) is 4.44. The molecule has 1 N–H and O–H groups in total. The summed E-state index contributed by atoms with van der Waals surface area (Å²) in [5.41, 5.74) is 0. The van der Waals surface area contributed by atoms with E-state index in [0.29, 0.717) is 6.04 Å². The lowest BCUT2D eigenvalue weighted by Crippen LogP contribution is -2.29. The number of hydrogen-bond donors (Lipinski definition) is 1. The molecule has 1 fully saturated rings. The van der Waals surface area contributed by atoms with Crippen molar-refractivity contribution < 1.29 is 9.53 Å². The molecule has 0 radical (unpaired) electrons. The Balaban J connectivity index is 2.33. The van der Waals surface area contributed by atoms with E-state index in [9.17, 15) is 4.79 Å². The van der Waals surface area contributed by atoms with Crippen molar-refractivity contribution in [2.24, 2.45) is 0 Å². The van der Waals surface area contributed by atoms with E-state index in [1.54, 1.807) is 0 Å². The second-order valence-corrected chi connectivity index (χ2v) is 2.68. The van der Waals surface area contributed by atoms with Gasteiger partial charge in [-0.3, -0.25) is 4.79 Å². The lowest BCUT2D eigenvalue weighted by Gasteiger charge is -2.13. The highest BCUT2D eigenvalue weighted by molar-refractivity contribution is 5.66. The molecule has 1 heterocycles. The van der Waals surface area contributed by atoms with Crippen molar-refractivity contribution in [3.8, 4) is 0 Å². The smallest absolute Gasteiger partial charge is 0.302 e. The second-order valence-electron chi connectivity index (χ2n) is 2.68. The topological polar surface area (TPSA) is 38.3 Å². The number of carbonyl (C=O) groups excluding carboxylic acids is 1. The van der Waals surface area contributed by atoms with E-state index >= 15 is 0 Å². The van der Waals surface area contributed by atoms with Gasteiger partial charge in [-0.2, -0.15) is 0 Å². The molecule has 0 spiro atoms. The van der Waals surface area contributed by atoms with E-state index in [2.05, 4.69) is 5.32 Å². The van der Waals surface area contributed by atoms with Crippen molar-refractivity contribution in [1.82, 2.24) is 5.32 Å². The zero-order valence-electron chi connectivity index (χ0n) is 6.39. The average Bonchev–Trinajstić information content (AvgIpc) is 2.15. The van der Waals surface area contributed by atoms with Gasteiger partial charge in [0, 0.05) is 13.0 Å². The molecule has 1 aliphatic rings. The fourth-order valence-corrected chi connectivity index (χ4v) is 1.21. The minimum absolute atomic E-state index is 0.0949. The molecule has 0 bridgehead atoms. The van der Waals surface area contributed by atoms with Crippen molar-refractivity contribution in [1.29, 1.82) is 0 Å². The van der Waals surface area contributed by atoms with Gasteiger partial charge in [0.15, 0.2) is 0 Å². The SMILES string of the molecule is CC(=O)OC1CCNC1C. The molecule has 2 atom stereocenters. The van der Waals surface area contributed by atoms with Crippen LogP contribution < -0.4 is 5.32 Å². The zero-order valence-corrected chi connectivity index (χ0v) is 6.39. The maximum Gasteiger partial charge on any atom is 0.302 e. The largest absolute Gasteiger partial charge is 0.461 e. The Kier molecular flexibility index (Phi) is 2.27. The van der Waals surface area contributed by atoms with Gasteiger partial charge < -0.3 is 10.1 Å². The number of ether oxygens (including phenoxy) is 1. The molecular weight excluding hydrogens is 130 g/mol. The summed E-state index contributed by atoms with van der Waals surface area (Å²) in [6, 6.07) is 0.323. The van der Waals surface area contributed by atoms with Gasteiger partial charge >= 0.3 is 5.97 Å². The van der Waals surface area contributed by atoms with Crippen LogP contribution in [0.2, 0.25) is 0 Å². The van der Waals surface area contributed by atoms with Crippen molar-refractivity contribution in [2.75, 3.05) is 6.54 Å². The first-order chi connectivity index (χ1) is 4.70. The molecule has 10 heavy (non-hydrogen) atoms. The van der Waals surface area contributed by atoms with E-state index in [1.165, 1.54) is 6.92 Å². The molecule has 3 nitrogen and oxygen atoms in total.